The second-order valence-corrected chi connectivity index (χ2v) is 13.8. The summed E-state index contributed by atoms with van der Waals surface area (Å²) < 4.78 is 8.00. The van der Waals surface area contributed by atoms with Gasteiger partial charge >= 0.3 is 12.1 Å². The van der Waals surface area contributed by atoms with Gasteiger partial charge in [-0.3, -0.25) is 14.4 Å². The number of amides is 4. The number of urea groups is 1. The van der Waals surface area contributed by atoms with Crippen molar-refractivity contribution in [1.82, 2.24) is 34.7 Å². The van der Waals surface area contributed by atoms with Crippen LogP contribution in [0.5, 0.6) is 0 Å². The molecular weight excluding hydrogens is 608 g/mol. The first kappa shape index (κ1) is 32.4. The number of fused-ring (bicyclic) bond motifs is 2. The van der Waals surface area contributed by atoms with Gasteiger partial charge in [0, 0.05) is 95.5 Å². The molecule has 0 radical (unpaired) electrons. The zero-order chi connectivity index (χ0) is 33.2. The maximum Gasteiger partial charge on any atom is 0.410 e. The van der Waals surface area contributed by atoms with Crippen molar-refractivity contribution in [3.63, 3.8) is 0 Å². The second-order valence-electron chi connectivity index (χ2n) is 13.8. The van der Waals surface area contributed by atoms with E-state index < -0.39 is 12.2 Å². The third-order valence-corrected chi connectivity index (χ3v) is 10.8. The number of rotatable bonds is 6. The molecule has 2 aromatic carbocycles. The summed E-state index contributed by atoms with van der Waals surface area (Å²) in [6.45, 7) is 9.05. The molecule has 48 heavy (non-hydrogen) atoms. The van der Waals surface area contributed by atoms with Crippen LogP contribution in [0.1, 0.15) is 42.4 Å². The first-order valence-electron chi connectivity index (χ1n) is 17.6. The predicted molar refractivity (Wildman–Crippen MR) is 184 cm³/mol. The summed E-state index contributed by atoms with van der Waals surface area (Å²) in [5, 5.41) is 11.9. The molecule has 1 aromatic heterocycles. The highest BCUT2D eigenvalue weighted by Gasteiger charge is 2.36. The van der Waals surface area contributed by atoms with Gasteiger partial charge in [0.2, 0.25) is 0 Å². The molecule has 0 unspecified atom stereocenters. The van der Waals surface area contributed by atoms with Crippen molar-refractivity contribution in [1.29, 1.82) is 0 Å². The fourth-order valence-corrected chi connectivity index (χ4v) is 8.14. The molecule has 3 saturated heterocycles. The minimum atomic E-state index is -0.922. The molecule has 1 atom stereocenters. The van der Waals surface area contributed by atoms with E-state index in [-0.39, 0.29) is 18.0 Å². The van der Waals surface area contributed by atoms with E-state index in [1.165, 1.54) is 0 Å². The van der Waals surface area contributed by atoms with Crippen LogP contribution in [0.15, 0.2) is 42.6 Å². The number of carbonyl (C=O) groups is 3. The summed E-state index contributed by atoms with van der Waals surface area (Å²) >= 11 is 0. The summed E-state index contributed by atoms with van der Waals surface area (Å²) in [7, 11) is 1.93. The Bertz CT molecular complexity index is 1640. The normalized spacial score (nSPS) is 20.7. The summed E-state index contributed by atoms with van der Waals surface area (Å²) in [4.78, 5) is 49.0. The Morgan fingerprint density at radius 3 is 2.42 bits per heavy atom. The fraction of sp³-hybridized carbons (Fsp3) is 0.556. The number of carbonyl (C=O) groups excluding carboxylic acids is 3. The quantitative estimate of drug-likeness (QED) is 0.418. The molecule has 0 saturated carbocycles. The van der Waals surface area contributed by atoms with Gasteiger partial charge in [-0.15, -0.1) is 0 Å². The van der Waals surface area contributed by atoms with Crippen LogP contribution >= 0.6 is 0 Å². The highest BCUT2D eigenvalue weighted by Crippen LogP contribution is 2.27. The minimum absolute atomic E-state index is 0.0342. The van der Waals surface area contributed by atoms with Gasteiger partial charge in [-0.05, 0) is 67.9 Å². The highest BCUT2D eigenvalue weighted by molar-refractivity contribution is 5.91. The number of hydrogen-bond acceptors (Lipinski definition) is 7. The summed E-state index contributed by atoms with van der Waals surface area (Å²) in [6, 6.07) is 12.5. The van der Waals surface area contributed by atoms with Crippen LogP contribution in [0, 0.1) is 6.92 Å². The highest BCUT2D eigenvalue weighted by atomic mass is 16.6. The van der Waals surface area contributed by atoms with Gasteiger partial charge in [-0.25, -0.2) is 9.59 Å². The van der Waals surface area contributed by atoms with Gasteiger partial charge in [0.05, 0.1) is 11.7 Å². The van der Waals surface area contributed by atoms with Crippen LogP contribution in [0.3, 0.4) is 0 Å². The average Bonchev–Trinajstić information content (AvgIpc) is 3.40. The smallest absolute Gasteiger partial charge is 0.410 e. The van der Waals surface area contributed by atoms with Crippen molar-refractivity contribution < 1.29 is 19.1 Å². The van der Waals surface area contributed by atoms with E-state index >= 15 is 0 Å². The molecule has 3 aromatic rings. The molecule has 4 amide bonds. The van der Waals surface area contributed by atoms with E-state index in [0.717, 1.165) is 78.7 Å². The van der Waals surface area contributed by atoms with Crippen LogP contribution in [-0.2, 0) is 29.4 Å². The third kappa shape index (κ3) is 6.86. The maximum atomic E-state index is 14.1. The number of para-hydroxylation sites is 1. The van der Waals surface area contributed by atoms with E-state index in [1.807, 2.05) is 52.8 Å². The lowest BCUT2D eigenvalue weighted by molar-refractivity contribution is -0.142. The van der Waals surface area contributed by atoms with Gasteiger partial charge in [-0.1, -0.05) is 24.3 Å². The molecule has 12 heteroatoms. The van der Waals surface area contributed by atoms with Crippen LogP contribution in [-0.4, -0.2) is 125 Å². The molecule has 2 N–H and O–H groups in total. The lowest BCUT2D eigenvalue weighted by Gasteiger charge is -2.41. The second kappa shape index (κ2) is 14.1. The zero-order valence-corrected chi connectivity index (χ0v) is 28.2. The number of aryl methyl sites for hydroxylation is 2. The first-order valence-corrected chi connectivity index (χ1v) is 17.6. The molecule has 7 rings (SSSR count). The molecule has 4 aliphatic rings. The van der Waals surface area contributed by atoms with Gasteiger partial charge in [0.15, 0.2) is 6.10 Å². The summed E-state index contributed by atoms with van der Waals surface area (Å²) in [5.74, 6) is -0.123. The number of aromatic nitrogens is 2. The topological polar surface area (TPSA) is 115 Å². The van der Waals surface area contributed by atoms with Crippen LogP contribution in [0.4, 0.5) is 15.3 Å². The molecule has 0 spiro atoms. The molecule has 3 fully saturated rings. The standard InChI is InChI=1S/C36H48N8O4/c1-25-21-26(22-28-24-38-40(2)33(25)28)23-32(34(45)42-14-8-29(9-15-42)41-19-12-37-13-20-41)48-36(47)43-16-10-30(11-17-43)44-18-7-27-5-3-4-6-31(27)39-35(44)46/h3-6,21-22,24,29-30,32,37H,7-20,23H2,1-2H3,(H,39,46)/t32-/m1/s1. The molecule has 12 nitrogen and oxygen atoms in total. The van der Waals surface area contributed by atoms with E-state index in [1.54, 1.807) is 4.90 Å². The number of piperazine rings is 1. The Balaban J connectivity index is 1.01. The van der Waals surface area contributed by atoms with E-state index in [0.29, 0.717) is 58.0 Å². The van der Waals surface area contributed by atoms with Crippen LogP contribution < -0.4 is 10.6 Å². The lowest BCUT2D eigenvalue weighted by atomic mass is 9.99. The van der Waals surface area contributed by atoms with Crippen LogP contribution in [0.25, 0.3) is 10.9 Å². The van der Waals surface area contributed by atoms with Gasteiger partial charge in [0.25, 0.3) is 5.91 Å². The van der Waals surface area contributed by atoms with E-state index in [2.05, 4.69) is 38.8 Å². The number of anilines is 1. The number of nitrogens with one attached hydrogen (secondary N) is 2. The van der Waals surface area contributed by atoms with Crippen molar-refractivity contribution in [3.8, 4) is 0 Å². The van der Waals surface area contributed by atoms with Crippen molar-refractivity contribution in [2.45, 2.75) is 63.6 Å². The first-order chi connectivity index (χ1) is 23.3. The SMILES string of the molecule is Cc1cc(C[C@@H](OC(=O)N2CCC(N3CCc4ccccc4NC3=O)CC2)C(=O)N2CCC(N3CCNCC3)CC2)cc2cnn(C)c12. The van der Waals surface area contributed by atoms with Crippen molar-refractivity contribution in [3.05, 3.63) is 59.3 Å². The number of ether oxygens (including phenoxy) is 1. The Kier molecular flexibility index (Phi) is 9.54. The number of nitrogens with zero attached hydrogens (tertiary/aromatic N) is 6. The molecule has 4 aliphatic heterocycles. The van der Waals surface area contributed by atoms with Crippen molar-refractivity contribution in [2.24, 2.45) is 7.05 Å². The molecule has 0 aliphatic carbocycles. The lowest BCUT2D eigenvalue weighted by Crippen LogP contribution is -2.54. The minimum Gasteiger partial charge on any atom is -0.436 e. The van der Waals surface area contributed by atoms with Crippen LogP contribution in [0.2, 0.25) is 0 Å². The van der Waals surface area contributed by atoms with Crippen molar-refractivity contribution >= 4 is 34.6 Å². The zero-order valence-electron chi connectivity index (χ0n) is 28.2. The van der Waals surface area contributed by atoms with Gasteiger partial charge in [-0.2, -0.15) is 5.10 Å². The third-order valence-electron chi connectivity index (χ3n) is 10.8. The Labute approximate surface area is 282 Å². The van der Waals surface area contributed by atoms with Crippen molar-refractivity contribution in [2.75, 3.05) is 64.2 Å². The summed E-state index contributed by atoms with van der Waals surface area (Å²) in [5.41, 5.74) is 5.07. The molecular formula is C36H48N8O4. The summed E-state index contributed by atoms with van der Waals surface area (Å²) in [6.07, 6.45) is 4.72. The Morgan fingerprint density at radius 2 is 1.65 bits per heavy atom. The maximum absolute atomic E-state index is 14.1. The Morgan fingerprint density at radius 1 is 0.938 bits per heavy atom. The number of hydrogen-bond donors (Lipinski definition) is 2. The number of likely N-dealkylation sites (tertiary alicyclic amines) is 2. The van der Waals surface area contributed by atoms with E-state index in [4.69, 9.17) is 4.74 Å². The van der Waals surface area contributed by atoms with Gasteiger partial charge in [0.1, 0.15) is 0 Å². The predicted octanol–water partition coefficient (Wildman–Crippen LogP) is 3.38. The Hall–Kier alpha value is -4.16. The average molecular weight is 657 g/mol. The fourth-order valence-electron chi connectivity index (χ4n) is 8.14. The molecule has 0 bridgehead atoms. The molecule has 5 heterocycles. The van der Waals surface area contributed by atoms with Gasteiger partial charge < -0.3 is 30.1 Å². The van der Waals surface area contributed by atoms with E-state index in [9.17, 15) is 14.4 Å². The largest absolute Gasteiger partial charge is 0.436 e. The molecule has 256 valence electrons. The number of benzene rings is 2. The monoisotopic (exact) mass is 656 g/mol. The number of piperidine rings is 2.